The van der Waals surface area contributed by atoms with Gasteiger partial charge in [0.25, 0.3) is 0 Å². The highest BCUT2D eigenvalue weighted by Gasteiger charge is 2.29. The average molecular weight is 253 g/mol. The van der Waals surface area contributed by atoms with Crippen LogP contribution >= 0.6 is 11.3 Å². The summed E-state index contributed by atoms with van der Waals surface area (Å²) in [6, 6.07) is 0. The van der Waals surface area contributed by atoms with E-state index in [1.54, 1.807) is 6.92 Å². The molecular formula is C12H19N3OS. The molecule has 1 amide bonds. The molecule has 2 rings (SSSR count). The molecule has 4 nitrogen and oxygen atoms in total. The van der Waals surface area contributed by atoms with E-state index in [9.17, 15) is 4.79 Å². The van der Waals surface area contributed by atoms with Gasteiger partial charge in [-0.2, -0.15) is 0 Å². The predicted octanol–water partition coefficient (Wildman–Crippen LogP) is 2.48. The zero-order chi connectivity index (χ0) is 12.5. The Bertz CT molecular complexity index is 410. The number of nitrogens with zero attached hydrogens (tertiary/aromatic N) is 1. The van der Waals surface area contributed by atoms with Crippen LogP contribution in [0.4, 0.5) is 5.13 Å². The van der Waals surface area contributed by atoms with Crippen molar-refractivity contribution >= 4 is 22.4 Å². The summed E-state index contributed by atoms with van der Waals surface area (Å²) in [5, 5.41) is 5.51. The molecule has 0 radical (unpaired) electrons. The minimum absolute atomic E-state index is 0.143. The Morgan fingerprint density at radius 1 is 1.71 bits per heavy atom. The fourth-order valence-corrected chi connectivity index (χ4v) is 2.57. The van der Waals surface area contributed by atoms with Gasteiger partial charge in [0.1, 0.15) is 0 Å². The average Bonchev–Trinajstić information content (AvgIpc) is 3.00. The zero-order valence-electron chi connectivity index (χ0n) is 10.3. The lowest BCUT2D eigenvalue weighted by Gasteiger charge is -2.21. The second-order valence-electron chi connectivity index (χ2n) is 4.97. The molecule has 1 aromatic rings. The normalized spacial score (nSPS) is 18.8. The Morgan fingerprint density at radius 3 is 3.00 bits per heavy atom. The van der Waals surface area contributed by atoms with Gasteiger partial charge in [-0.15, -0.1) is 11.3 Å². The third kappa shape index (κ3) is 3.04. The first-order chi connectivity index (χ1) is 8.03. The number of rotatable bonds is 5. The van der Waals surface area contributed by atoms with Crippen LogP contribution < -0.4 is 11.1 Å². The van der Waals surface area contributed by atoms with E-state index < -0.39 is 5.54 Å². The van der Waals surface area contributed by atoms with E-state index in [0.29, 0.717) is 17.5 Å². The lowest BCUT2D eigenvalue weighted by Crippen LogP contribution is -2.48. The highest BCUT2D eigenvalue weighted by molar-refractivity contribution is 7.14. The molecule has 0 spiro atoms. The summed E-state index contributed by atoms with van der Waals surface area (Å²) in [6.45, 7) is 3.79. The summed E-state index contributed by atoms with van der Waals surface area (Å²) in [7, 11) is 0. The molecular weight excluding hydrogens is 234 g/mol. The smallest absolute Gasteiger partial charge is 0.245 e. The highest BCUT2D eigenvalue weighted by Crippen LogP contribution is 2.40. The Hall–Kier alpha value is -0.940. The van der Waals surface area contributed by atoms with Crippen LogP contribution in [0.15, 0.2) is 5.38 Å². The monoisotopic (exact) mass is 253 g/mol. The van der Waals surface area contributed by atoms with Crippen molar-refractivity contribution in [3.05, 3.63) is 11.1 Å². The third-order valence-corrected chi connectivity index (χ3v) is 3.80. The van der Waals surface area contributed by atoms with E-state index >= 15 is 0 Å². The Morgan fingerprint density at radius 2 is 2.41 bits per heavy atom. The van der Waals surface area contributed by atoms with E-state index in [1.165, 1.54) is 24.2 Å². The lowest BCUT2D eigenvalue weighted by molar-refractivity contribution is -0.120. The number of hydrogen-bond donors (Lipinski definition) is 2. The summed E-state index contributed by atoms with van der Waals surface area (Å²) < 4.78 is 0. The standard InChI is InChI=1S/C12H19N3OS/c1-3-6-12(2,13)10(16)15-11-14-9(7-17-11)8-4-5-8/h7-8H,3-6,13H2,1-2H3,(H,14,15,16). The molecule has 0 saturated heterocycles. The van der Waals surface area contributed by atoms with Crippen molar-refractivity contribution in [2.75, 3.05) is 5.32 Å². The van der Waals surface area contributed by atoms with Gasteiger partial charge >= 0.3 is 0 Å². The molecule has 1 aliphatic rings. The minimum atomic E-state index is -0.805. The number of thiazole rings is 1. The molecule has 17 heavy (non-hydrogen) atoms. The fraction of sp³-hybridized carbons (Fsp3) is 0.667. The number of carbonyl (C=O) groups excluding carboxylic acids is 1. The molecule has 1 fully saturated rings. The maximum absolute atomic E-state index is 11.9. The first-order valence-electron chi connectivity index (χ1n) is 6.08. The van der Waals surface area contributed by atoms with Crippen molar-refractivity contribution in [3.63, 3.8) is 0 Å². The van der Waals surface area contributed by atoms with Crippen LogP contribution in [-0.4, -0.2) is 16.4 Å². The number of hydrogen-bond acceptors (Lipinski definition) is 4. The van der Waals surface area contributed by atoms with Crippen molar-refractivity contribution < 1.29 is 4.79 Å². The van der Waals surface area contributed by atoms with Gasteiger partial charge in [-0.3, -0.25) is 4.79 Å². The molecule has 0 aliphatic heterocycles. The molecule has 0 aromatic carbocycles. The largest absolute Gasteiger partial charge is 0.318 e. The molecule has 1 atom stereocenters. The van der Waals surface area contributed by atoms with E-state index in [1.807, 2.05) is 12.3 Å². The van der Waals surface area contributed by atoms with Crippen molar-refractivity contribution in [3.8, 4) is 0 Å². The number of amides is 1. The van der Waals surface area contributed by atoms with Gasteiger partial charge in [0.05, 0.1) is 11.2 Å². The van der Waals surface area contributed by atoms with Gasteiger partial charge < -0.3 is 11.1 Å². The maximum atomic E-state index is 11.9. The van der Waals surface area contributed by atoms with E-state index in [4.69, 9.17) is 5.73 Å². The van der Waals surface area contributed by atoms with Crippen molar-refractivity contribution in [1.82, 2.24) is 4.98 Å². The molecule has 3 N–H and O–H groups in total. The number of carbonyl (C=O) groups is 1. The molecule has 94 valence electrons. The number of nitrogens with two attached hydrogens (primary N) is 1. The molecule has 5 heteroatoms. The molecule has 1 unspecified atom stereocenters. The summed E-state index contributed by atoms with van der Waals surface area (Å²) in [6.07, 6.45) is 4.02. The van der Waals surface area contributed by atoms with Gasteiger partial charge in [-0.05, 0) is 26.2 Å². The minimum Gasteiger partial charge on any atom is -0.318 e. The molecule has 1 heterocycles. The fourth-order valence-electron chi connectivity index (χ4n) is 1.78. The quantitative estimate of drug-likeness (QED) is 0.847. The van der Waals surface area contributed by atoms with Crippen LogP contribution in [0.25, 0.3) is 0 Å². The second-order valence-corrected chi connectivity index (χ2v) is 5.83. The van der Waals surface area contributed by atoms with E-state index in [-0.39, 0.29) is 5.91 Å². The van der Waals surface area contributed by atoms with Crippen LogP contribution in [0.2, 0.25) is 0 Å². The van der Waals surface area contributed by atoms with Gasteiger partial charge in [0.15, 0.2) is 5.13 Å². The third-order valence-electron chi connectivity index (χ3n) is 3.03. The predicted molar refractivity (Wildman–Crippen MR) is 70.2 cm³/mol. The van der Waals surface area contributed by atoms with Crippen LogP contribution in [0.5, 0.6) is 0 Å². The number of nitrogens with one attached hydrogen (secondary N) is 1. The summed E-state index contributed by atoms with van der Waals surface area (Å²) in [5.41, 5.74) is 6.27. The van der Waals surface area contributed by atoms with E-state index in [0.717, 1.165) is 12.1 Å². The maximum Gasteiger partial charge on any atom is 0.245 e. The highest BCUT2D eigenvalue weighted by atomic mass is 32.1. The number of aromatic nitrogens is 1. The van der Waals surface area contributed by atoms with Crippen molar-refractivity contribution in [1.29, 1.82) is 0 Å². The second kappa shape index (κ2) is 4.74. The SMILES string of the molecule is CCCC(C)(N)C(=O)Nc1nc(C2CC2)cs1. The Kier molecular flexibility index (Phi) is 3.49. The van der Waals surface area contributed by atoms with Gasteiger partial charge in [0.2, 0.25) is 5.91 Å². The van der Waals surface area contributed by atoms with Crippen LogP contribution in [0.3, 0.4) is 0 Å². The summed E-state index contributed by atoms with van der Waals surface area (Å²) in [5.74, 6) is 0.479. The van der Waals surface area contributed by atoms with Gasteiger partial charge in [0, 0.05) is 11.3 Å². The zero-order valence-corrected chi connectivity index (χ0v) is 11.1. The van der Waals surface area contributed by atoms with Gasteiger partial charge in [-0.25, -0.2) is 4.98 Å². The van der Waals surface area contributed by atoms with Crippen molar-refractivity contribution in [2.45, 2.75) is 51.0 Å². The molecule has 0 bridgehead atoms. The van der Waals surface area contributed by atoms with Crippen LogP contribution in [0.1, 0.15) is 51.1 Å². The summed E-state index contributed by atoms with van der Waals surface area (Å²) in [4.78, 5) is 16.4. The van der Waals surface area contributed by atoms with Crippen LogP contribution in [-0.2, 0) is 4.79 Å². The molecule has 1 aliphatic carbocycles. The molecule has 1 aromatic heterocycles. The number of anilines is 1. The van der Waals surface area contributed by atoms with E-state index in [2.05, 4.69) is 10.3 Å². The van der Waals surface area contributed by atoms with Crippen molar-refractivity contribution in [2.24, 2.45) is 5.73 Å². The first-order valence-corrected chi connectivity index (χ1v) is 6.96. The lowest BCUT2D eigenvalue weighted by atomic mass is 9.97. The first kappa shape index (κ1) is 12.5. The van der Waals surface area contributed by atoms with Crippen LogP contribution in [0, 0.1) is 0 Å². The summed E-state index contributed by atoms with van der Waals surface area (Å²) >= 11 is 1.48. The molecule has 1 saturated carbocycles. The Labute approximate surface area is 106 Å². The topological polar surface area (TPSA) is 68.0 Å². The Balaban J connectivity index is 1.97. The van der Waals surface area contributed by atoms with Gasteiger partial charge in [-0.1, -0.05) is 13.3 Å².